The highest BCUT2D eigenvalue weighted by Gasteiger charge is 2.47. The van der Waals surface area contributed by atoms with Gasteiger partial charge in [0.25, 0.3) is 0 Å². The first-order chi connectivity index (χ1) is 7.63. The molecule has 0 aliphatic carbocycles. The van der Waals surface area contributed by atoms with Crippen molar-refractivity contribution in [1.29, 1.82) is 0 Å². The van der Waals surface area contributed by atoms with Gasteiger partial charge in [0.15, 0.2) is 0 Å². The molecule has 0 spiro atoms. The quantitative estimate of drug-likeness (QED) is 0.631. The molecule has 0 unspecified atom stereocenters. The topological polar surface area (TPSA) is 43.4 Å². The van der Waals surface area contributed by atoms with Gasteiger partial charge in [-0.2, -0.15) is 21.6 Å². The maximum atomic E-state index is 12.0. The van der Waals surface area contributed by atoms with Crippen molar-refractivity contribution in [2.75, 3.05) is 0 Å². The largest absolute Gasteiger partial charge is 0.523 e. The molecule has 1 aromatic rings. The van der Waals surface area contributed by atoms with Crippen molar-refractivity contribution in [3.05, 3.63) is 33.8 Å². The van der Waals surface area contributed by atoms with Crippen LogP contribution in [-0.4, -0.2) is 13.9 Å². The Hall–Kier alpha value is -0.600. The molecule has 0 fully saturated rings. The van der Waals surface area contributed by atoms with Crippen molar-refractivity contribution < 1.29 is 25.8 Å². The molecule has 0 atom stereocenters. The average Bonchev–Trinajstić information content (AvgIpc) is 2.14. The number of benzene rings is 1. The highest BCUT2D eigenvalue weighted by Crippen LogP contribution is 2.27. The monoisotopic (exact) mass is 332 g/mol. The van der Waals surface area contributed by atoms with Crippen LogP contribution in [0, 0.1) is 6.92 Å². The third-order valence-electron chi connectivity index (χ3n) is 1.86. The van der Waals surface area contributed by atoms with Crippen LogP contribution in [0.1, 0.15) is 11.1 Å². The van der Waals surface area contributed by atoms with E-state index in [9.17, 15) is 21.6 Å². The predicted molar refractivity (Wildman–Crippen MR) is 58.6 cm³/mol. The minimum absolute atomic E-state index is 0.323. The maximum absolute atomic E-state index is 12.0. The third kappa shape index (κ3) is 3.68. The molecule has 0 N–H and O–H groups in total. The Morgan fingerprint density at radius 2 is 1.94 bits per heavy atom. The van der Waals surface area contributed by atoms with E-state index in [2.05, 4.69) is 20.1 Å². The lowest BCUT2D eigenvalue weighted by atomic mass is 10.2. The first-order valence-electron chi connectivity index (χ1n) is 4.34. The summed E-state index contributed by atoms with van der Waals surface area (Å²) in [5, 5.41) is 0. The lowest BCUT2D eigenvalue weighted by molar-refractivity contribution is -0.0548. The van der Waals surface area contributed by atoms with Gasteiger partial charge in [0, 0.05) is 4.47 Å². The summed E-state index contributed by atoms with van der Waals surface area (Å²) < 4.78 is 61.6. The van der Waals surface area contributed by atoms with E-state index >= 15 is 0 Å². The molecular formula is C9H8BrF3O3S. The Balaban J connectivity index is 2.82. The summed E-state index contributed by atoms with van der Waals surface area (Å²) in [5.41, 5.74) is -4.19. The zero-order valence-electron chi connectivity index (χ0n) is 8.58. The highest BCUT2D eigenvalue weighted by atomic mass is 79.9. The van der Waals surface area contributed by atoms with Gasteiger partial charge in [-0.15, -0.1) is 0 Å². The number of rotatable bonds is 3. The van der Waals surface area contributed by atoms with Crippen molar-refractivity contribution in [2.24, 2.45) is 0 Å². The SMILES string of the molecule is Cc1ccc(COS(=O)(=O)C(F)(F)F)c(Br)c1. The number of hydrogen-bond donors (Lipinski definition) is 0. The van der Waals surface area contributed by atoms with Crippen LogP contribution in [0.4, 0.5) is 13.2 Å². The van der Waals surface area contributed by atoms with E-state index in [-0.39, 0.29) is 0 Å². The van der Waals surface area contributed by atoms with Crippen LogP contribution >= 0.6 is 15.9 Å². The summed E-state index contributed by atoms with van der Waals surface area (Å²) in [6, 6.07) is 4.79. The highest BCUT2D eigenvalue weighted by molar-refractivity contribution is 9.10. The van der Waals surface area contributed by atoms with Gasteiger partial charge in [-0.1, -0.05) is 28.1 Å². The van der Waals surface area contributed by atoms with Crippen molar-refractivity contribution in [1.82, 2.24) is 0 Å². The fourth-order valence-corrected chi connectivity index (χ4v) is 2.00. The summed E-state index contributed by atoms with van der Waals surface area (Å²) in [6.45, 7) is 1.13. The Morgan fingerprint density at radius 1 is 1.35 bits per heavy atom. The number of aryl methyl sites for hydroxylation is 1. The van der Waals surface area contributed by atoms with E-state index in [0.717, 1.165) is 5.56 Å². The van der Waals surface area contributed by atoms with E-state index in [1.54, 1.807) is 19.1 Å². The van der Waals surface area contributed by atoms with Crippen LogP contribution in [0.25, 0.3) is 0 Å². The number of hydrogen-bond acceptors (Lipinski definition) is 3. The van der Waals surface area contributed by atoms with Gasteiger partial charge < -0.3 is 0 Å². The first kappa shape index (κ1) is 14.5. The second-order valence-corrected chi connectivity index (χ2v) is 5.72. The fourth-order valence-electron chi connectivity index (χ4n) is 0.977. The normalized spacial score (nSPS) is 12.8. The predicted octanol–water partition coefficient (Wildman–Crippen LogP) is 3.12. The number of halogens is 4. The molecule has 0 amide bonds. The van der Waals surface area contributed by atoms with Gasteiger partial charge >= 0.3 is 15.6 Å². The summed E-state index contributed by atoms with van der Waals surface area (Å²) in [5.74, 6) is 0. The molecule has 3 nitrogen and oxygen atoms in total. The Kier molecular flexibility index (Phi) is 4.21. The van der Waals surface area contributed by atoms with Crippen LogP contribution in [-0.2, 0) is 20.9 Å². The Labute approximate surface area is 105 Å². The summed E-state index contributed by atoms with van der Waals surface area (Å²) >= 11 is 3.11. The Morgan fingerprint density at radius 3 is 2.41 bits per heavy atom. The number of alkyl halides is 3. The molecule has 1 rings (SSSR count). The maximum Gasteiger partial charge on any atom is 0.523 e. The van der Waals surface area contributed by atoms with E-state index in [4.69, 9.17) is 0 Å². The zero-order valence-corrected chi connectivity index (χ0v) is 11.0. The molecule has 1 aromatic carbocycles. The summed E-state index contributed by atoms with van der Waals surface area (Å²) in [6.07, 6.45) is 0. The molecule has 0 heterocycles. The van der Waals surface area contributed by atoms with E-state index in [1.165, 1.54) is 6.07 Å². The minimum atomic E-state index is -5.54. The summed E-state index contributed by atoms with van der Waals surface area (Å²) in [4.78, 5) is 0. The van der Waals surface area contributed by atoms with Crippen LogP contribution < -0.4 is 0 Å². The zero-order chi connectivity index (χ0) is 13.3. The molecule has 0 saturated carbocycles. The molecule has 0 aliphatic heterocycles. The van der Waals surface area contributed by atoms with Crippen LogP contribution in [0.15, 0.2) is 22.7 Å². The van der Waals surface area contributed by atoms with E-state index < -0.39 is 22.2 Å². The van der Waals surface area contributed by atoms with Crippen LogP contribution in [0.3, 0.4) is 0 Å². The van der Waals surface area contributed by atoms with Crippen molar-refractivity contribution >= 4 is 26.0 Å². The fraction of sp³-hybridized carbons (Fsp3) is 0.333. The van der Waals surface area contributed by atoms with Crippen molar-refractivity contribution in [2.45, 2.75) is 19.0 Å². The molecular weight excluding hydrogens is 325 g/mol. The van der Waals surface area contributed by atoms with Gasteiger partial charge in [0.2, 0.25) is 0 Å². The molecule has 0 radical (unpaired) electrons. The van der Waals surface area contributed by atoms with Crippen molar-refractivity contribution in [3.8, 4) is 0 Å². The van der Waals surface area contributed by atoms with Gasteiger partial charge in [-0.25, -0.2) is 0 Å². The minimum Gasteiger partial charge on any atom is -0.258 e. The Bertz CT molecular complexity index is 511. The third-order valence-corrected chi connectivity index (χ3v) is 3.59. The van der Waals surface area contributed by atoms with E-state index in [1.807, 2.05) is 0 Å². The standard InChI is InChI=1S/C9H8BrF3O3S/c1-6-2-3-7(8(10)4-6)5-16-17(14,15)9(11,12)13/h2-4H,5H2,1H3. The molecule has 0 aromatic heterocycles. The smallest absolute Gasteiger partial charge is 0.258 e. The van der Waals surface area contributed by atoms with E-state index in [0.29, 0.717) is 10.0 Å². The van der Waals surface area contributed by atoms with Gasteiger partial charge in [-0.05, 0) is 24.1 Å². The second kappa shape index (κ2) is 4.95. The second-order valence-electron chi connectivity index (χ2n) is 3.26. The van der Waals surface area contributed by atoms with Crippen LogP contribution in [0.2, 0.25) is 0 Å². The van der Waals surface area contributed by atoms with Crippen LogP contribution in [0.5, 0.6) is 0 Å². The van der Waals surface area contributed by atoms with Crippen molar-refractivity contribution in [3.63, 3.8) is 0 Å². The summed E-state index contributed by atoms with van der Waals surface area (Å²) in [7, 11) is -5.54. The lowest BCUT2D eigenvalue weighted by Gasteiger charge is -2.09. The average molecular weight is 333 g/mol. The molecule has 0 saturated heterocycles. The lowest BCUT2D eigenvalue weighted by Crippen LogP contribution is -2.25. The molecule has 17 heavy (non-hydrogen) atoms. The molecule has 0 bridgehead atoms. The molecule has 0 aliphatic rings. The van der Waals surface area contributed by atoms with Gasteiger partial charge in [0.05, 0.1) is 6.61 Å². The van der Waals surface area contributed by atoms with Gasteiger partial charge in [0.1, 0.15) is 0 Å². The first-order valence-corrected chi connectivity index (χ1v) is 6.54. The molecule has 8 heteroatoms. The van der Waals surface area contributed by atoms with Gasteiger partial charge in [-0.3, -0.25) is 4.18 Å². The molecule has 96 valence electrons.